The quantitative estimate of drug-likeness (QED) is 0.0195. The lowest BCUT2D eigenvalue weighted by molar-refractivity contribution is -0.870. The number of unbranched alkanes of at least 4 members (excludes halogenated alkanes) is 19. The number of nitrogens with zero attached hydrogens (tertiary/aromatic N) is 1. The molecule has 508 valence electrons. The number of ether oxygens (including phenoxy) is 2. The molecule has 0 aromatic heterocycles. The Morgan fingerprint density at radius 1 is 0.344 bits per heavy atom. The Balaban J connectivity index is 4.10. The van der Waals surface area contributed by atoms with Crippen LogP contribution in [0.3, 0.4) is 0 Å². The molecule has 0 N–H and O–H groups in total. The highest BCUT2D eigenvalue weighted by atomic mass is 31.2. The Bertz CT molecular complexity index is 2170. The molecular formula is C80H130NO8P. The molecule has 10 heteroatoms. The first kappa shape index (κ1) is 85.1. The summed E-state index contributed by atoms with van der Waals surface area (Å²) in [6.45, 7) is 3.98. The van der Waals surface area contributed by atoms with Crippen LogP contribution in [0.5, 0.6) is 0 Å². The van der Waals surface area contributed by atoms with Gasteiger partial charge in [0.05, 0.1) is 27.7 Å². The molecule has 0 fully saturated rings. The summed E-state index contributed by atoms with van der Waals surface area (Å²) in [5.74, 6) is -0.861. The van der Waals surface area contributed by atoms with Gasteiger partial charge in [0.15, 0.2) is 6.10 Å². The summed E-state index contributed by atoms with van der Waals surface area (Å²) < 4.78 is 34.3. The van der Waals surface area contributed by atoms with E-state index in [1.165, 1.54) is 64.2 Å². The Morgan fingerprint density at radius 2 is 0.600 bits per heavy atom. The molecule has 2 atom stereocenters. The van der Waals surface area contributed by atoms with Crippen LogP contribution in [0, 0.1) is 0 Å². The van der Waals surface area contributed by atoms with Crippen molar-refractivity contribution in [3.05, 3.63) is 182 Å². The molecule has 0 heterocycles. The van der Waals surface area contributed by atoms with Gasteiger partial charge in [0.2, 0.25) is 0 Å². The standard InChI is InChI=1S/C80H130NO8P/c1-6-8-10-12-14-16-18-20-22-24-26-28-30-32-33-34-35-36-37-38-39-40-41-42-43-44-45-46-47-49-51-53-55-57-59-61-63-65-67-69-71-73-80(83)89-78(77-88-90(84,85)87-75-74-81(3,4)5)76-86-79(82)72-70-68-66-64-62-60-58-56-54-52-50-48-31-29-27-25-23-21-19-17-15-13-11-9-7-2/h8-11,14-17,20-23,26-29,32-33,35-36,38-39,41-42,44-45,48,50,54,56,78H,6-7,12-13,18-19,24-25,30-31,34,37,40,43,46-47,49,51-53,55,57-77H2,1-5H3/b10-8-,11-9-,16-14-,17-15-,22-20-,23-21-,28-26-,29-27-,33-32-,36-35-,39-38-,42-41-,45-44-,50-48-,56-54-. The third-order valence-electron chi connectivity index (χ3n) is 14.4. The van der Waals surface area contributed by atoms with E-state index in [2.05, 4.69) is 196 Å². The van der Waals surface area contributed by atoms with E-state index in [1.54, 1.807) is 0 Å². The molecule has 0 saturated heterocycles. The van der Waals surface area contributed by atoms with E-state index in [9.17, 15) is 19.0 Å². The number of carbonyl (C=O) groups excluding carboxylic acids is 2. The van der Waals surface area contributed by atoms with Gasteiger partial charge in [-0.1, -0.05) is 292 Å². The maximum Gasteiger partial charge on any atom is 0.306 e. The fourth-order valence-corrected chi connectivity index (χ4v) is 9.79. The zero-order valence-corrected chi connectivity index (χ0v) is 58.7. The van der Waals surface area contributed by atoms with E-state index in [0.29, 0.717) is 23.9 Å². The lowest BCUT2D eigenvalue weighted by Crippen LogP contribution is -2.37. The van der Waals surface area contributed by atoms with Crippen LogP contribution in [0.25, 0.3) is 0 Å². The first-order valence-electron chi connectivity index (χ1n) is 35.5. The van der Waals surface area contributed by atoms with Crippen LogP contribution in [-0.2, 0) is 32.7 Å². The molecule has 0 bridgehead atoms. The molecule has 0 aromatic rings. The van der Waals surface area contributed by atoms with Crippen molar-refractivity contribution in [3.63, 3.8) is 0 Å². The van der Waals surface area contributed by atoms with Crippen molar-refractivity contribution in [1.82, 2.24) is 0 Å². The third kappa shape index (κ3) is 72.2. The summed E-state index contributed by atoms with van der Waals surface area (Å²) in [4.78, 5) is 38.1. The summed E-state index contributed by atoms with van der Waals surface area (Å²) in [5, 5.41) is 0. The van der Waals surface area contributed by atoms with E-state index < -0.39 is 32.5 Å². The number of esters is 2. The summed E-state index contributed by atoms with van der Waals surface area (Å²) >= 11 is 0. The van der Waals surface area contributed by atoms with E-state index in [1.807, 2.05) is 21.1 Å². The minimum atomic E-state index is -4.66. The first-order chi connectivity index (χ1) is 44.0. The normalized spacial score (nSPS) is 14.2. The van der Waals surface area contributed by atoms with Crippen LogP contribution < -0.4 is 4.89 Å². The highest BCUT2D eigenvalue weighted by Crippen LogP contribution is 2.38. The Morgan fingerprint density at radius 3 is 0.889 bits per heavy atom. The molecule has 0 aliphatic heterocycles. The van der Waals surface area contributed by atoms with E-state index in [0.717, 1.165) is 154 Å². The lowest BCUT2D eigenvalue weighted by atomic mass is 10.0. The van der Waals surface area contributed by atoms with Crippen molar-refractivity contribution in [2.45, 2.75) is 264 Å². The van der Waals surface area contributed by atoms with Gasteiger partial charge in [-0.2, -0.15) is 0 Å². The summed E-state index contributed by atoms with van der Waals surface area (Å²) in [7, 11) is 1.14. The smallest absolute Gasteiger partial charge is 0.306 e. The van der Waals surface area contributed by atoms with E-state index >= 15 is 0 Å². The zero-order valence-electron chi connectivity index (χ0n) is 57.8. The van der Waals surface area contributed by atoms with Crippen LogP contribution >= 0.6 is 7.82 Å². The maximum absolute atomic E-state index is 12.9. The number of phosphoric acid groups is 1. The van der Waals surface area contributed by atoms with Gasteiger partial charge in [-0.3, -0.25) is 14.2 Å². The van der Waals surface area contributed by atoms with Crippen LogP contribution in [0.4, 0.5) is 0 Å². The molecule has 0 rings (SSSR count). The molecule has 0 aliphatic carbocycles. The number of allylic oxidation sites excluding steroid dienone is 30. The van der Waals surface area contributed by atoms with Gasteiger partial charge >= 0.3 is 11.9 Å². The second kappa shape index (κ2) is 68.5. The minimum absolute atomic E-state index is 0.0425. The fourth-order valence-electron chi connectivity index (χ4n) is 9.06. The van der Waals surface area contributed by atoms with Crippen molar-refractivity contribution >= 4 is 19.8 Å². The topological polar surface area (TPSA) is 111 Å². The van der Waals surface area contributed by atoms with Crippen molar-refractivity contribution in [1.29, 1.82) is 0 Å². The third-order valence-corrected chi connectivity index (χ3v) is 15.4. The lowest BCUT2D eigenvalue weighted by Gasteiger charge is -2.28. The molecule has 9 nitrogen and oxygen atoms in total. The van der Waals surface area contributed by atoms with Gasteiger partial charge < -0.3 is 27.9 Å². The van der Waals surface area contributed by atoms with E-state index in [4.69, 9.17) is 18.5 Å². The van der Waals surface area contributed by atoms with Crippen molar-refractivity contribution in [3.8, 4) is 0 Å². The minimum Gasteiger partial charge on any atom is -0.756 e. The predicted octanol–water partition coefficient (Wildman–Crippen LogP) is 22.9. The molecule has 0 spiro atoms. The Kier molecular flexibility index (Phi) is 64.8. The van der Waals surface area contributed by atoms with Crippen LogP contribution in [0.2, 0.25) is 0 Å². The van der Waals surface area contributed by atoms with Gasteiger partial charge in [0, 0.05) is 12.8 Å². The van der Waals surface area contributed by atoms with Gasteiger partial charge in [-0.15, -0.1) is 0 Å². The van der Waals surface area contributed by atoms with Gasteiger partial charge in [-0.05, 0) is 135 Å². The molecule has 0 amide bonds. The zero-order chi connectivity index (χ0) is 65.5. The van der Waals surface area contributed by atoms with Gasteiger partial charge in [0.25, 0.3) is 7.82 Å². The second-order valence-electron chi connectivity index (χ2n) is 24.1. The summed E-state index contributed by atoms with van der Waals surface area (Å²) in [6.07, 6.45) is 105. The van der Waals surface area contributed by atoms with Crippen LogP contribution in [-0.4, -0.2) is 70.0 Å². The molecule has 0 aliphatic rings. The summed E-state index contributed by atoms with van der Waals surface area (Å²) in [6, 6.07) is 0. The Hall–Kier alpha value is -4.89. The van der Waals surface area contributed by atoms with Gasteiger partial charge in [0.1, 0.15) is 19.8 Å². The van der Waals surface area contributed by atoms with Crippen LogP contribution in [0.1, 0.15) is 258 Å². The number of phosphoric ester groups is 1. The van der Waals surface area contributed by atoms with E-state index in [-0.39, 0.29) is 26.1 Å². The SMILES string of the molecule is CC/C=C\C/C=C\C/C=C\C/C=C\C/C=C\C/C=C\C/C=C\C/C=C\C/C=C\CCCCCCCCCCCCCCCC(=O)OC(COC(=O)CCCCCCCC/C=C\C/C=C\C/C=C\C/C=C\C/C=C\C/C=C\CC)COP(=O)([O-])OCC[N+](C)(C)C. The van der Waals surface area contributed by atoms with Crippen molar-refractivity contribution in [2.75, 3.05) is 47.5 Å². The number of likely N-dealkylation sites (N-methyl/N-ethyl adjacent to an activating group) is 1. The number of hydrogen-bond acceptors (Lipinski definition) is 8. The van der Waals surface area contributed by atoms with Crippen LogP contribution in [0.15, 0.2) is 182 Å². The fraction of sp³-hybridized carbons (Fsp3) is 0.600. The Labute approximate surface area is 552 Å². The molecule has 0 saturated carbocycles. The molecule has 2 unspecified atom stereocenters. The van der Waals surface area contributed by atoms with Crippen molar-refractivity contribution < 1.29 is 42.1 Å². The molecule has 0 radical (unpaired) electrons. The number of carbonyl (C=O) groups is 2. The number of quaternary nitrogens is 1. The monoisotopic (exact) mass is 1260 g/mol. The first-order valence-corrected chi connectivity index (χ1v) is 37.0. The largest absolute Gasteiger partial charge is 0.756 e. The molecule has 90 heavy (non-hydrogen) atoms. The summed E-state index contributed by atoms with van der Waals surface area (Å²) in [5.41, 5.74) is 0. The highest BCUT2D eigenvalue weighted by Gasteiger charge is 2.22. The van der Waals surface area contributed by atoms with Gasteiger partial charge in [-0.25, -0.2) is 0 Å². The average molecular weight is 1260 g/mol. The maximum atomic E-state index is 12.9. The number of rotatable bonds is 63. The van der Waals surface area contributed by atoms with Crippen molar-refractivity contribution in [2.24, 2.45) is 0 Å². The molecular weight excluding hydrogens is 1130 g/mol. The highest BCUT2D eigenvalue weighted by molar-refractivity contribution is 7.45. The second-order valence-corrected chi connectivity index (χ2v) is 25.5. The number of hydrogen-bond donors (Lipinski definition) is 0. The average Bonchev–Trinajstić information content (AvgIpc) is 3.62. The predicted molar refractivity (Wildman–Crippen MR) is 387 cm³/mol. The molecule has 0 aromatic carbocycles.